The van der Waals surface area contributed by atoms with E-state index in [1.165, 1.54) is 0 Å². The van der Waals surface area contributed by atoms with Crippen LogP contribution in [0.25, 0.3) is 22.4 Å². The molecule has 4 heterocycles. The van der Waals surface area contributed by atoms with Crippen LogP contribution in [0.1, 0.15) is 45.4 Å². The van der Waals surface area contributed by atoms with Crippen molar-refractivity contribution in [3.05, 3.63) is 62.9 Å². The molecule has 1 aliphatic rings. The van der Waals surface area contributed by atoms with E-state index >= 15 is 0 Å². The summed E-state index contributed by atoms with van der Waals surface area (Å²) >= 11 is 1.66. The summed E-state index contributed by atoms with van der Waals surface area (Å²) in [4.78, 5) is 10.4. The van der Waals surface area contributed by atoms with E-state index in [1.807, 2.05) is 27.0 Å². The zero-order valence-corrected chi connectivity index (χ0v) is 19.1. The first-order valence-corrected chi connectivity index (χ1v) is 11.1. The molecule has 4 aromatic rings. The van der Waals surface area contributed by atoms with Gasteiger partial charge in [0.2, 0.25) is 0 Å². The van der Waals surface area contributed by atoms with Gasteiger partial charge in [0, 0.05) is 46.8 Å². The Hall–Kier alpha value is -3.70. The Morgan fingerprint density at radius 3 is 2.88 bits per heavy atom. The van der Waals surface area contributed by atoms with Crippen molar-refractivity contribution >= 4 is 17.2 Å². The zero-order chi connectivity index (χ0) is 22.6. The maximum absolute atomic E-state index is 9.77. The topological polar surface area (TPSA) is 103 Å². The van der Waals surface area contributed by atoms with Crippen molar-refractivity contribution in [2.24, 2.45) is 7.05 Å². The van der Waals surface area contributed by atoms with Crippen LogP contribution in [0.5, 0.6) is 5.75 Å². The molecule has 160 valence electrons. The molecule has 0 spiro atoms. The highest BCUT2D eigenvalue weighted by Gasteiger charge is 2.26. The molecule has 5 rings (SSSR count). The Bertz CT molecular complexity index is 1410. The Labute approximate surface area is 190 Å². The fourth-order valence-corrected chi connectivity index (χ4v) is 5.22. The minimum absolute atomic E-state index is 0.276. The van der Waals surface area contributed by atoms with Crippen LogP contribution in [-0.4, -0.2) is 19.7 Å². The van der Waals surface area contributed by atoms with E-state index in [1.54, 1.807) is 22.2 Å². The van der Waals surface area contributed by atoms with Crippen molar-refractivity contribution in [2.45, 2.75) is 33.3 Å². The van der Waals surface area contributed by atoms with Gasteiger partial charge in [-0.05, 0) is 26.8 Å². The molecule has 7 nitrogen and oxygen atoms in total. The van der Waals surface area contributed by atoms with Crippen molar-refractivity contribution in [1.29, 1.82) is 5.26 Å². The zero-order valence-electron chi connectivity index (χ0n) is 18.3. The largest absolute Gasteiger partial charge is 0.482 e. The molecule has 0 unspecified atom stereocenters. The van der Waals surface area contributed by atoms with E-state index < -0.39 is 0 Å². The Morgan fingerprint density at radius 1 is 1.28 bits per heavy atom. The number of fused-ring (bicyclic) bond motifs is 7. The molecule has 32 heavy (non-hydrogen) atoms. The minimum atomic E-state index is -0.276. The van der Waals surface area contributed by atoms with Gasteiger partial charge in [-0.25, -0.2) is 9.97 Å². The number of rotatable bonds is 0. The molecule has 2 N–H and O–H groups in total. The fourth-order valence-electron chi connectivity index (χ4n) is 4.27. The second-order valence-corrected chi connectivity index (χ2v) is 9.33. The average Bonchev–Trinajstić information content (AvgIpc) is 3.28. The van der Waals surface area contributed by atoms with E-state index in [9.17, 15) is 5.26 Å². The van der Waals surface area contributed by atoms with Gasteiger partial charge in [-0.3, -0.25) is 4.68 Å². The van der Waals surface area contributed by atoms with Crippen molar-refractivity contribution in [1.82, 2.24) is 19.7 Å². The van der Waals surface area contributed by atoms with Crippen LogP contribution < -0.4 is 10.5 Å². The Balaban J connectivity index is 1.85. The first-order chi connectivity index (χ1) is 15.4. The number of nitrogen functional groups attached to an aromatic ring is 1. The van der Waals surface area contributed by atoms with Gasteiger partial charge in [0.05, 0.1) is 16.4 Å². The molecular weight excluding hydrogens is 420 g/mol. The summed E-state index contributed by atoms with van der Waals surface area (Å²) in [5.41, 5.74) is 13.1. The third-order valence-electron chi connectivity index (χ3n) is 5.78. The number of anilines is 1. The van der Waals surface area contributed by atoms with Gasteiger partial charge < -0.3 is 10.5 Å². The van der Waals surface area contributed by atoms with Crippen LogP contribution in [0.2, 0.25) is 0 Å². The van der Waals surface area contributed by atoms with Gasteiger partial charge in [0.25, 0.3) is 0 Å². The Morgan fingerprint density at radius 2 is 2.09 bits per heavy atom. The van der Waals surface area contributed by atoms with E-state index in [0.717, 1.165) is 49.1 Å². The van der Waals surface area contributed by atoms with Crippen molar-refractivity contribution < 1.29 is 4.74 Å². The molecule has 1 aromatic carbocycles. The van der Waals surface area contributed by atoms with Gasteiger partial charge in [-0.2, -0.15) is 10.4 Å². The molecule has 0 radical (unpaired) electrons. The Kier molecular flexibility index (Phi) is 4.72. The average molecular weight is 443 g/mol. The van der Waals surface area contributed by atoms with Crippen LogP contribution in [0.3, 0.4) is 0 Å². The highest BCUT2D eigenvalue weighted by Crippen LogP contribution is 2.40. The van der Waals surface area contributed by atoms with Gasteiger partial charge >= 0.3 is 0 Å². The van der Waals surface area contributed by atoms with E-state index in [4.69, 9.17) is 15.5 Å². The smallest absolute Gasteiger partial charge is 0.170 e. The highest BCUT2D eigenvalue weighted by molar-refractivity contribution is 7.12. The molecule has 0 fully saturated rings. The number of aromatic nitrogens is 4. The lowest BCUT2D eigenvalue weighted by atomic mass is 9.95. The monoisotopic (exact) mass is 442 g/mol. The van der Waals surface area contributed by atoms with Crippen molar-refractivity contribution in [3.63, 3.8) is 0 Å². The van der Waals surface area contributed by atoms with Gasteiger partial charge in [-0.1, -0.05) is 23.8 Å². The molecule has 2 bridgehead atoms. The third kappa shape index (κ3) is 3.22. The first-order valence-electron chi connectivity index (χ1n) is 10.3. The summed E-state index contributed by atoms with van der Waals surface area (Å²) in [5, 5.41) is 15.2. The van der Waals surface area contributed by atoms with Gasteiger partial charge in [0.1, 0.15) is 12.2 Å². The number of hydrogen-bond donors (Lipinski definition) is 1. The second kappa shape index (κ2) is 7.46. The summed E-state index contributed by atoms with van der Waals surface area (Å²) in [6, 6.07) is 10.4. The number of hydrogen-bond acceptors (Lipinski definition) is 7. The van der Waals surface area contributed by atoms with E-state index in [0.29, 0.717) is 23.7 Å². The first kappa shape index (κ1) is 20.2. The normalized spacial score (nSPS) is 14.8. The quantitative estimate of drug-likeness (QED) is 0.423. The number of ether oxygens (including phenoxy) is 1. The van der Waals surface area contributed by atoms with Gasteiger partial charge in [0.15, 0.2) is 17.3 Å². The third-order valence-corrected chi connectivity index (χ3v) is 6.75. The molecular formula is C24H22N6OS. The summed E-state index contributed by atoms with van der Waals surface area (Å²) in [7, 11) is 1.86. The fraction of sp³-hybridized carbons (Fsp3) is 0.250. The number of benzene rings is 1. The maximum Gasteiger partial charge on any atom is 0.170 e. The lowest BCUT2D eigenvalue weighted by Gasteiger charge is -2.21. The minimum Gasteiger partial charge on any atom is -0.482 e. The molecule has 3 aromatic heterocycles. The van der Waals surface area contributed by atoms with Crippen LogP contribution in [0.15, 0.2) is 30.5 Å². The van der Waals surface area contributed by atoms with Crippen LogP contribution in [0, 0.1) is 25.2 Å². The number of pyridine rings is 1. The van der Waals surface area contributed by atoms with Gasteiger partial charge in [-0.15, -0.1) is 11.3 Å². The highest BCUT2D eigenvalue weighted by atomic mass is 32.1. The molecule has 0 amide bonds. The molecule has 8 heteroatoms. The summed E-state index contributed by atoms with van der Waals surface area (Å²) in [6.07, 6.45) is 2.00. The lowest BCUT2D eigenvalue weighted by molar-refractivity contribution is 0.228. The van der Waals surface area contributed by atoms with Crippen molar-refractivity contribution in [2.75, 3.05) is 5.73 Å². The number of aryl methyl sites for hydroxylation is 3. The molecule has 1 aliphatic heterocycles. The number of thiazole rings is 1. The molecule has 0 saturated carbocycles. The molecule has 0 aliphatic carbocycles. The predicted octanol–water partition coefficient (Wildman–Crippen LogP) is 4.72. The van der Waals surface area contributed by atoms with E-state index in [2.05, 4.69) is 41.3 Å². The standard InChI is InChI=1S/C24H22N6OS/c1-12-5-6-16-17(7-12)13(2)31-20-8-15(11-27-24(20)26)22-18(10-25)29-30(4)19(22)9-21-23(16)28-14(3)32-21/h5-8,11,13H,9H2,1-4H3,(H2,26,27)/t13-/m1/s1. The molecule has 1 atom stereocenters. The number of nitrogens with zero attached hydrogens (tertiary/aromatic N) is 5. The van der Waals surface area contributed by atoms with E-state index in [-0.39, 0.29) is 6.10 Å². The number of nitrogens with two attached hydrogens (primary N) is 1. The van der Waals surface area contributed by atoms with Crippen LogP contribution >= 0.6 is 11.3 Å². The SMILES string of the molecule is Cc1ccc2c(c1)[C@@H](C)Oc1cc(cnc1N)-c1c(C#N)nn(C)c1Cc1sc(C)nc1-2. The van der Waals surface area contributed by atoms with Crippen molar-refractivity contribution in [3.8, 4) is 34.2 Å². The molecule has 0 saturated heterocycles. The second-order valence-electron chi connectivity index (χ2n) is 8.05. The summed E-state index contributed by atoms with van der Waals surface area (Å²) in [6.45, 7) is 6.09. The number of nitriles is 1. The maximum atomic E-state index is 9.77. The lowest BCUT2D eigenvalue weighted by Crippen LogP contribution is -2.09. The van der Waals surface area contributed by atoms with Crippen LogP contribution in [0.4, 0.5) is 5.82 Å². The summed E-state index contributed by atoms with van der Waals surface area (Å²) in [5.74, 6) is 0.789. The summed E-state index contributed by atoms with van der Waals surface area (Å²) < 4.78 is 8.11. The predicted molar refractivity (Wildman–Crippen MR) is 124 cm³/mol. The van der Waals surface area contributed by atoms with Crippen LogP contribution in [-0.2, 0) is 13.5 Å².